The molecule has 0 unspecified atom stereocenters. The molecule has 27 heavy (non-hydrogen) atoms. The predicted molar refractivity (Wildman–Crippen MR) is 105 cm³/mol. The molecule has 4 aromatic rings. The number of aromatic nitrogens is 4. The second-order valence-corrected chi connectivity index (χ2v) is 8.22. The molecule has 0 aliphatic carbocycles. The van der Waals surface area contributed by atoms with Gasteiger partial charge in [-0.3, -0.25) is 5.10 Å². The average molecular weight is 379 g/mol. The molecule has 136 valence electrons. The summed E-state index contributed by atoms with van der Waals surface area (Å²) in [6, 6.07) is 14.3. The Morgan fingerprint density at radius 3 is 2.70 bits per heavy atom. The van der Waals surface area contributed by atoms with Crippen LogP contribution in [-0.4, -0.2) is 41.9 Å². The van der Waals surface area contributed by atoms with E-state index in [1.807, 2.05) is 36.2 Å². The zero-order valence-corrected chi connectivity index (χ0v) is 15.6. The van der Waals surface area contributed by atoms with Crippen molar-refractivity contribution in [1.29, 1.82) is 0 Å². The molecule has 0 radical (unpaired) electrons. The standard InChI is InChI=1S/C19H17N5O2S/c1-24(17-8-4-7-16-15(17)12-21-23-16)18-9-10-20-19(22-18)13-5-3-6-14(11-13)27(2,25)26/h3-12H,1-2H3,(H,21,23). The first kappa shape index (κ1) is 17.2. The maximum atomic E-state index is 11.8. The Morgan fingerprint density at radius 1 is 1.07 bits per heavy atom. The van der Waals surface area contributed by atoms with E-state index in [0.29, 0.717) is 17.2 Å². The summed E-state index contributed by atoms with van der Waals surface area (Å²) in [5.74, 6) is 1.16. The normalized spacial score (nSPS) is 11.6. The average Bonchev–Trinajstić information content (AvgIpc) is 3.16. The molecule has 0 atom stereocenters. The van der Waals surface area contributed by atoms with Crippen molar-refractivity contribution in [3.63, 3.8) is 0 Å². The second kappa shape index (κ2) is 6.48. The highest BCUT2D eigenvalue weighted by Gasteiger charge is 2.13. The summed E-state index contributed by atoms with van der Waals surface area (Å²) < 4.78 is 23.6. The first-order valence-electron chi connectivity index (χ1n) is 8.23. The van der Waals surface area contributed by atoms with Crippen LogP contribution in [0.25, 0.3) is 22.3 Å². The van der Waals surface area contributed by atoms with Gasteiger partial charge in [-0.05, 0) is 30.3 Å². The first-order chi connectivity index (χ1) is 12.9. The quantitative estimate of drug-likeness (QED) is 0.585. The van der Waals surface area contributed by atoms with E-state index in [4.69, 9.17) is 0 Å². The van der Waals surface area contributed by atoms with Crippen molar-refractivity contribution in [2.75, 3.05) is 18.2 Å². The largest absolute Gasteiger partial charge is 0.329 e. The zero-order valence-electron chi connectivity index (χ0n) is 14.8. The van der Waals surface area contributed by atoms with Gasteiger partial charge in [-0.25, -0.2) is 18.4 Å². The highest BCUT2D eigenvalue weighted by molar-refractivity contribution is 7.90. The highest BCUT2D eigenvalue weighted by atomic mass is 32.2. The number of nitrogens with zero attached hydrogens (tertiary/aromatic N) is 4. The number of rotatable bonds is 4. The summed E-state index contributed by atoms with van der Waals surface area (Å²) in [5, 5.41) is 8.04. The van der Waals surface area contributed by atoms with Crippen molar-refractivity contribution in [2.45, 2.75) is 4.90 Å². The van der Waals surface area contributed by atoms with Gasteiger partial charge in [0.2, 0.25) is 0 Å². The van der Waals surface area contributed by atoms with E-state index in [-0.39, 0.29) is 4.90 Å². The van der Waals surface area contributed by atoms with Crippen LogP contribution in [0.3, 0.4) is 0 Å². The summed E-state index contributed by atoms with van der Waals surface area (Å²) in [6.07, 6.45) is 4.62. The molecule has 0 fully saturated rings. The van der Waals surface area contributed by atoms with Crippen LogP contribution in [0, 0.1) is 0 Å². The molecule has 0 aliphatic heterocycles. The van der Waals surface area contributed by atoms with Gasteiger partial charge < -0.3 is 4.90 Å². The molecular weight excluding hydrogens is 362 g/mol. The molecular formula is C19H17N5O2S. The van der Waals surface area contributed by atoms with E-state index in [9.17, 15) is 8.42 Å². The SMILES string of the molecule is CN(c1ccnc(-c2cccc(S(C)(=O)=O)c2)n1)c1cccc2[nH]ncc12. The summed E-state index contributed by atoms with van der Waals surface area (Å²) in [6.45, 7) is 0. The molecule has 0 saturated heterocycles. The molecule has 0 saturated carbocycles. The van der Waals surface area contributed by atoms with Crippen LogP contribution in [0.4, 0.5) is 11.5 Å². The summed E-state index contributed by atoms with van der Waals surface area (Å²) in [5.41, 5.74) is 2.54. The molecule has 2 aromatic carbocycles. The minimum absolute atomic E-state index is 0.241. The second-order valence-electron chi connectivity index (χ2n) is 6.21. The predicted octanol–water partition coefficient (Wildman–Crippen LogP) is 3.19. The van der Waals surface area contributed by atoms with E-state index < -0.39 is 9.84 Å². The molecule has 4 rings (SSSR count). The molecule has 1 N–H and O–H groups in total. The molecule has 0 spiro atoms. The lowest BCUT2D eigenvalue weighted by Gasteiger charge is -2.19. The Labute approximate surface area is 156 Å². The van der Waals surface area contributed by atoms with Gasteiger partial charge in [0.1, 0.15) is 5.82 Å². The third-order valence-electron chi connectivity index (χ3n) is 4.33. The molecule has 0 amide bonds. The number of fused-ring (bicyclic) bond motifs is 1. The summed E-state index contributed by atoms with van der Waals surface area (Å²) >= 11 is 0. The molecule has 2 aromatic heterocycles. The molecule has 0 aliphatic rings. The minimum Gasteiger partial charge on any atom is -0.329 e. The van der Waals surface area contributed by atoms with Gasteiger partial charge in [-0.15, -0.1) is 0 Å². The van der Waals surface area contributed by atoms with Gasteiger partial charge in [0, 0.05) is 30.4 Å². The molecule has 0 bridgehead atoms. The van der Waals surface area contributed by atoms with Crippen molar-refractivity contribution in [2.24, 2.45) is 0 Å². The van der Waals surface area contributed by atoms with Crippen LogP contribution in [0.2, 0.25) is 0 Å². The van der Waals surface area contributed by atoms with Crippen molar-refractivity contribution in [3.8, 4) is 11.4 Å². The highest BCUT2D eigenvalue weighted by Crippen LogP contribution is 2.30. The topological polar surface area (TPSA) is 91.8 Å². The fraction of sp³-hybridized carbons (Fsp3) is 0.105. The van der Waals surface area contributed by atoms with Crippen molar-refractivity contribution in [1.82, 2.24) is 20.2 Å². The van der Waals surface area contributed by atoms with E-state index in [1.54, 1.807) is 36.7 Å². The Morgan fingerprint density at radius 2 is 1.89 bits per heavy atom. The van der Waals surface area contributed by atoms with Gasteiger partial charge in [-0.2, -0.15) is 5.10 Å². The zero-order chi connectivity index (χ0) is 19.0. The lowest BCUT2D eigenvalue weighted by molar-refractivity contribution is 0.602. The Balaban J connectivity index is 1.76. The van der Waals surface area contributed by atoms with Crippen LogP contribution in [0.5, 0.6) is 0 Å². The summed E-state index contributed by atoms with van der Waals surface area (Å²) in [7, 11) is -1.38. The van der Waals surface area contributed by atoms with Gasteiger partial charge >= 0.3 is 0 Å². The van der Waals surface area contributed by atoms with Gasteiger partial charge in [0.15, 0.2) is 15.7 Å². The van der Waals surface area contributed by atoms with Crippen LogP contribution in [0.15, 0.2) is 65.8 Å². The number of hydrogen-bond donors (Lipinski definition) is 1. The lowest BCUT2D eigenvalue weighted by Crippen LogP contribution is -2.12. The van der Waals surface area contributed by atoms with E-state index in [0.717, 1.165) is 16.6 Å². The number of sulfone groups is 1. The Kier molecular flexibility index (Phi) is 4.12. The fourth-order valence-electron chi connectivity index (χ4n) is 2.91. The Hall–Kier alpha value is -3.26. The van der Waals surface area contributed by atoms with Gasteiger partial charge in [-0.1, -0.05) is 18.2 Å². The fourth-order valence-corrected chi connectivity index (χ4v) is 3.58. The van der Waals surface area contributed by atoms with E-state index >= 15 is 0 Å². The lowest BCUT2D eigenvalue weighted by atomic mass is 10.2. The van der Waals surface area contributed by atoms with Crippen LogP contribution in [0.1, 0.15) is 0 Å². The van der Waals surface area contributed by atoms with Gasteiger partial charge in [0.05, 0.1) is 22.3 Å². The molecule has 2 heterocycles. The Bertz CT molecular complexity index is 1230. The number of nitrogens with one attached hydrogen (secondary N) is 1. The van der Waals surface area contributed by atoms with Crippen molar-refractivity contribution < 1.29 is 8.42 Å². The third-order valence-corrected chi connectivity index (χ3v) is 5.44. The number of anilines is 2. The third kappa shape index (κ3) is 3.26. The monoisotopic (exact) mass is 379 g/mol. The maximum absolute atomic E-state index is 11.8. The van der Waals surface area contributed by atoms with Crippen LogP contribution < -0.4 is 4.90 Å². The van der Waals surface area contributed by atoms with E-state index in [2.05, 4.69) is 20.2 Å². The van der Waals surface area contributed by atoms with E-state index in [1.165, 1.54) is 6.26 Å². The molecule has 8 heteroatoms. The van der Waals surface area contributed by atoms with Gasteiger partial charge in [0.25, 0.3) is 0 Å². The number of benzene rings is 2. The van der Waals surface area contributed by atoms with Crippen molar-refractivity contribution >= 4 is 32.2 Å². The number of hydrogen-bond acceptors (Lipinski definition) is 6. The minimum atomic E-state index is -3.30. The van der Waals surface area contributed by atoms with Crippen molar-refractivity contribution in [3.05, 3.63) is 60.9 Å². The number of H-pyrrole nitrogens is 1. The maximum Gasteiger partial charge on any atom is 0.175 e. The smallest absolute Gasteiger partial charge is 0.175 e. The van der Waals surface area contributed by atoms with Crippen LogP contribution >= 0.6 is 0 Å². The molecule has 7 nitrogen and oxygen atoms in total. The summed E-state index contributed by atoms with van der Waals surface area (Å²) in [4.78, 5) is 11.1. The van der Waals surface area contributed by atoms with Crippen LogP contribution in [-0.2, 0) is 9.84 Å². The first-order valence-corrected chi connectivity index (χ1v) is 10.1. The number of aromatic amines is 1.